The average Bonchev–Trinajstić information content (AvgIpc) is 2.84. The Morgan fingerprint density at radius 1 is 0.914 bits per heavy atom. The number of carbonyl (C=O) groups excluding carboxylic acids is 2. The van der Waals surface area contributed by atoms with Gasteiger partial charge < -0.3 is 10.2 Å². The SMILES string of the molecule is CC(C)NC(=O)[C@@H](Cc1ccccc1)N(Cc1ccc(F)cc1)C(=O)CSCc1ccc(Br)cc1. The Bertz CT molecular complexity index is 1090. The van der Waals surface area contributed by atoms with Crippen molar-refractivity contribution in [2.24, 2.45) is 0 Å². The number of nitrogens with zero attached hydrogens (tertiary/aromatic N) is 1. The van der Waals surface area contributed by atoms with E-state index < -0.39 is 6.04 Å². The third-order valence-electron chi connectivity index (χ3n) is 5.38. The van der Waals surface area contributed by atoms with Crippen LogP contribution in [0.25, 0.3) is 0 Å². The normalized spacial score (nSPS) is 11.8. The van der Waals surface area contributed by atoms with Crippen molar-refractivity contribution in [3.63, 3.8) is 0 Å². The van der Waals surface area contributed by atoms with Crippen LogP contribution in [0.15, 0.2) is 83.3 Å². The summed E-state index contributed by atoms with van der Waals surface area (Å²) in [6, 6.07) is 23.0. The summed E-state index contributed by atoms with van der Waals surface area (Å²) in [6.45, 7) is 4.02. The van der Waals surface area contributed by atoms with E-state index in [1.807, 2.05) is 68.4 Å². The number of nitrogens with one attached hydrogen (secondary N) is 1. The lowest BCUT2D eigenvalue weighted by Gasteiger charge is -2.32. The Balaban J connectivity index is 1.83. The van der Waals surface area contributed by atoms with Gasteiger partial charge in [0.1, 0.15) is 11.9 Å². The van der Waals surface area contributed by atoms with Crippen molar-refractivity contribution in [3.05, 3.63) is 106 Å². The lowest BCUT2D eigenvalue weighted by Crippen LogP contribution is -2.52. The number of rotatable bonds is 11. The summed E-state index contributed by atoms with van der Waals surface area (Å²) in [6.07, 6.45) is 0.393. The summed E-state index contributed by atoms with van der Waals surface area (Å²) in [5.41, 5.74) is 2.86. The molecule has 2 amide bonds. The van der Waals surface area contributed by atoms with Gasteiger partial charge in [0.2, 0.25) is 11.8 Å². The van der Waals surface area contributed by atoms with Gasteiger partial charge in [0.05, 0.1) is 5.75 Å². The van der Waals surface area contributed by atoms with Crippen molar-refractivity contribution in [2.75, 3.05) is 5.75 Å². The minimum atomic E-state index is -0.689. The molecule has 0 aliphatic rings. The van der Waals surface area contributed by atoms with E-state index in [2.05, 4.69) is 21.2 Å². The van der Waals surface area contributed by atoms with Crippen LogP contribution in [0.5, 0.6) is 0 Å². The Kier molecular flexibility index (Phi) is 10.4. The summed E-state index contributed by atoms with van der Waals surface area (Å²) < 4.78 is 14.5. The van der Waals surface area contributed by atoms with Gasteiger partial charge in [-0.2, -0.15) is 0 Å². The first kappa shape index (κ1) is 27.0. The second-order valence-corrected chi connectivity index (χ2v) is 10.5. The van der Waals surface area contributed by atoms with E-state index in [-0.39, 0.29) is 36.0 Å². The number of amides is 2. The van der Waals surface area contributed by atoms with Crippen molar-refractivity contribution in [2.45, 2.75) is 44.6 Å². The molecular formula is C28H30BrFN2O2S. The molecule has 0 unspecified atom stereocenters. The van der Waals surface area contributed by atoms with Crippen molar-refractivity contribution < 1.29 is 14.0 Å². The highest BCUT2D eigenvalue weighted by atomic mass is 79.9. The Hall–Kier alpha value is -2.64. The van der Waals surface area contributed by atoms with Gasteiger partial charge in [-0.25, -0.2) is 4.39 Å². The number of hydrogen-bond donors (Lipinski definition) is 1. The zero-order valence-electron chi connectivity index (χ0n) is 19.9. The topological polar surface area (TPSA) is 49.4 Å². The van der Waals surface area contributed by atoms with Crippen LogP contribution in [0.3, 0.4) is 0 Å². The molecule has 0 heterocycles. The fourth-order valence-corrected chi connectivity index (χ4v) is 4.78. The largest absolute Gasteiger partial charge is 0.352 e. The summed E-state index contributed by atoms with van der Waals surface area (Å²) >= 11 is 4.95. The molecule has 0 saturated carbocycles. The molecule has 1 N–H and O–H groups in total. The molecular weight excluding hydrogens is 527 g/mol. The summed E-state index contributed by atoms with van der Waals surface area (Å²) in [4.78, 5) is 28.5. The number of hydrogen-bond acceptors (Lipinski definition) is 3. The molecule has 0 fully saturated rings. The highest BCUT2D eigenvalue weighted by Gasteiger charge is 2.30. The van der Waals surface area contributed by atoms with Crippen LogP contribution >= 0.6 is 27.7 Å². The van der Waals surface area contributed by atoms with Gasteiger partial charge in [-0.1, -0.05) is 70.5 Å². The fraction of sp³-hybridized carbons (Fsp3) is 0.286. The monoisotopic (exact) mass is 556 g/mol. The van der Waals surface area contributed by atoms with Crippen molar-refractivity contribution in [1.82, 2.24) is 10.2 Å². The molecule has 0 saturated heterocycles. The van der Waals surface area contributed by atoms with Gasteiger partial charge >= 0.3 is 0 Å². The number of thioether (sulfide) groups is 1. The molecule has 3 aromatic carbocycles. The minimum absolute atomic E-state index is 0.0599. The zero-order valence-corrected chi connectivity index (χ0v) is 22.3. The third kappa shape index (κ3) is 8.82. The quantitative estimate of drug-likeness (QED) is 0.315. The Labute approximate surface area is 219 Å². The minimum Gasteiger partial charge on any atom is -0.352 e. The molecule has 7 heteroatoms. The van der Waals surface area contributed by atoms with Gasteiger partial charge in [-0.05, 0) is 54.8 Å². The molecule has 0 aromatic heterocycles. The van der Waals surface area contributed by atoms with Crippen molar-refractivity contribution >= 4 is 39.5 Å². The molecule has 1 atom stereocenters. The van der Waals surface area contributed by atoms with Gasteiger partial charge in [-0.3, -0.25) is 9.59 Å². The second-order valence-electron chi connectivity index (χ2n) is 8.64. The van der Waals surface area contributed by atoms with E-state index in [0.717, 1.165) is 21.2 Å². The first-order chi connectivity index (χ1) is 16.8. The van der Waals surface area contributed by atoms with Crippen molar-refractivity contribution in [3.8, 4) is 0 Å². The van der Waals surface area contributed by atoms with Crippen LogP contribution in [0.2, 0.25) is 0 Å². The first-order valence-electron chi connectivity index (χ1n) is 11.5. The smallest absolute Gasteiger partial charge is 0.243 e. The predicted molar refractivity (Wildman–Crippen MR) is 144 cm³/mol. The van der Waals surface area contributed by atoms with E-state index in [9.17, 15) is 14.0 Å². The number of benzene rings is 3. The Morgan fingerprint density at radius 2 is 1.54 bits per heavy atom. The van der Waals surface area contributed by atoms with E-state index in [0.29, 0.717) is 12.2 Å². The number of halogens is 2. The van der Waals surface area contributed by atoms with E-state index in [4.69, 9.17) is 0 Å². The lowest BCUT2D eigenvalue weighted by molar-refractivity contribution is -0.139. The van der Waals surface area contributed by atoms with Gasteiger partial charge in [0, 0.05) is 29.2 Å². The van der Waals surface area contributed by atoms with Crippen LogP contribution < -0.4 is 5.32 Å². The van der Waals surface area contributed by atoms with Gasteiger partial charge in [0.25, 0.3) is 0 Å². The summed E-state index contributed by atoms with van der Waals surface area (Å²) in [5, 5.41) is 2.98. The number of carbonyl (C=O) groups is 2. The molecule has 0 spiro atoms. The summed E-state index contributed by atoms with van der Waals surface area (Å²) in [7, 11) is 0. The summed E-state index contributed by atoms with van der Waals surface area (Å²) in [5.74, 6) is 0.256. The third-order valence-corrected chi connectivity index (χ3v) is 6.89. The lowest BCUT2D eigenvalue weighted by atomic mass is 10.0. The fourth-order valence-electron chi connectivity index (χ4n) is 3.64. The molecule has 4 nitrogen and oxygen atoms in total. The van der Waals surface area contributed by atoms with Crippen molar-refractivity contribution in [1.29, 1.82) is 0 Å². The molecule has 35 heavy (non-hydrogen) atoms. The molecule has 3 rings (SSSR count). The predicted octanol–water partition coefficient (Wildman–Crippen LogP) is 5.99. The van der Waals surface area contributed by atoms with Crippen LogP contribution in [0, 0.1) is 5.82 Å². The zero-order chi connectivity index (χ0) is 25.2. The maximum Gasteiger partial charge on any atom is 0.243 e. The first-order valence-corrected chi connectivity index (χ1v) is 13.5. The second kappa shape index (κ2) is 13.4. The maximum absolute atomic E-state index is 13.5. The van der Waals surface area contributed by atoms with Crippen LogP contribution in [0.4, 0.5) is 4.39 Å². The van der Waals surface area contributed by atoms with Gasteiger partial charge in [0.15, 0.2) is 0 Å². The molecule has 3 aromatic rings. The standard InChI is InChI=1S/C28H30BrFN2O2S/c1-20(2)31-28(34)26(16-21-6-4-3-5-7-21)32(17-22-10-14-25(30)15-11-22)27(33)19-35-18-23-8-12-24(29)13-9-23/h3-15,20,26H,16-19H2,1-2H3,(H,31,34)/t26-/m1/s1. The van der Waals surface area contributed by atoms with Crippen LogP contribution in [-0.4, -0.2) is 34.6 Å². The van der Waals surface area contributed by atoms with E-state index in [1.165, 1.54) is 23.9 Å². The van der Waals surface area contributed by atoms with Crippen LogP contribution in [-0.2, 0) is 28.3 Å². The van der Waals surface area contributed by atoms with E-state index in [1.54, 1.807) is 17.0 Å². The highest BCUT2D eigenvalue weighted by Crippen LogP contribution is 2.20. The molecule has 0 bridgehead atoms. The Morgan fingerprint density at radius 3 is 2.17 bits per heavy atom. The van der Waals surface area contributed by atoms with Crippen LogP contribution in [0.1, 0.15) is 30.5 Å². The molecule has 0 aliphatic carbocycles. The molecule has 0 radical (unpaired) electrons. The highest BCUT2D eigenvalue weighted by molar-refractivity contribution is 9.10. The molecule has 184 valence electrons. The van der Waals surface area contributed by atoms with Gasteiger partial charge in [-0.15, -0.1) is 11.8 Å². The van der Waals surface area contributed by atoms with E-state index >= 15 is 0 Å². The molecule has 0 aliphatic heterocycles. The maximum atomic E-state index is 13.5. The average molecular weight is 558 g/mol.